The number of benzene rings is 2. The predicted octanol–water partition coefficient (Wildman–Crippen LogP) is 3.07. The second-order valence-corrected chi connectivity index (χ2v) is 8.38. The fourth-order valence-corrected chi connectivity index (χ4v) is 4.19. The minimum atomic E-state index is -0.271. The van der Waals surface area contributed by atoms with Crippen LogP contribution in [0.1, 0.15) is 22.4 Å². The van der Waals surface area contributed by atoms with Crippen molar-refractivity contribution < 1.29 is 9.18 Å². The van der Waals surface area contributed by atoms with Gasteiger partial charge < -0.3 is 10.3 Å². The molecule has 1 aliphatic rings. The standard InChI is InChI=1S/C23H20FN5O2S/c24-17-6-4-15(5-7-17)12-29-9-8-20-19(13-29)22(31)28-23(27-20)32-14-21(30)26-18-3-1-2-16(10-18)11-25/h1-7,10H,8-9,12-14H2,(H,26,30)(H,27,28,31). The zero-order valence-electron chi connectivity index (χ0n) is 17.1. The van der Waals surface area contributed by atoms with Gasteiger partial charge in [-0.05, 0) is 35.9 Å². The maximum atomic E-state index is 13.1. The largest absolute Gasteiger partial charge is 0.325 e. The van der Waals surface area contributed by atoms with E-state index < -0.39 is 0 Å². The number of nitrogens with one attached hydrogen (secondary N) is 2. The predicted molar refractivity (Wildman–Crippen MR) is 120 cm³/mol. The monoisotopic (exact) mass is 449 g/mol. The third-order valence-corrected chi connectivity index (χ3v) is 5.93. The highest BCUT2D eigenvalue weighted by atomic mass is 32.2. The van der Waals surface area contributed by atoms with E-state index in [2.05, 4.69) is 20.2 Å². The van der Waals surface area contributed by atoms with Crippen molar-refractivity contribution in [3.8, 4) is 6.07 Å². The fourth-order valence-electron chi connectivity index (χ4n) is 3.51. The van der Waals surface area contributed by atoms with Gasteiger partial charge in [0.1, 0.15) is 5.82 Å². The van der Waals surface area contributed by atoms with Crippen LogP contribution in [-0.4, -0.2) is 33.1 Å². The summed E-state index contributed by atoms with van der Waals surface area (Å²) in [6, 6.07) is 15.0. The molecule has 0 radical (unpaired) electrons. The molecule has 0 bridgehead atoms. The summed E-state index contributed by atoms with van der Waals surface area (Å²) in [5.41, 5.74) is 3.16. The Bertz CT molecular complexity index is 1240. The average Bonchev–Trinajstić information content (AvgIpc) is 2.80. The van der Waals surface area contributed by atoms with Crippen LogP contribution in [0.15, 0.2) is 58.5 Å². The molecular formula is C23H20FN5O2S. The lowest BCUT2D eigenvalue weighted by Crippen LogP contribution is -2.35. The number of rotatable bonds is 6. The average molecular weight is 450 g/mol. The van der Waals surface area contributed by atoms with E-state index in [0.717, 1.165) is 29.6 Å². The SMILES string of the molecule is N#Cc1cccc(NC(=O)CSc2nc3c(c(=O)[nH]2)CN(Cc2ccc(F)cc2)CC3)c1. The van der Waals surface area contributed by atoms with Gasteiger partial charge in [-0.2, -0.15) is 5.26 Å². The molecule has 2 N–H and O–H groups in total. The Morgan fingerprint density at radius 2 is 2.09 bits per heavy atom. The number of carbonyl (C=O) groups excluding carboxylic acids is 1. The lowest BCUT2D eigenvalue weighted by atomic mass is 10.1. The number of nitriles is 1. The van der Waals surface area contributed by atoms with Crippen molar-refractivity contribution in [1.82, 2.24) is 14.9 Å². The summed E-state index contributed by atoms with van der Waals surface area (Å²) in [6.45, 7) is 1.83. The Morgan fingerprint density at radius 3 is 2.88 bits per heavy atom. The topological polar surface area (TPSA) is 102 Å². The second kappa shape index (κ2) is 9.77. The molecule has 32 heavy (non-hydrogen) atoms. The van der Waals surface area contributed by atoms with E-state index in [4.69, 9.17) is 5.26 Å². The lowest BCUT2D eigenvalue weighted by molar-refractivity contribution is -0.113. The number of H-pyrrole nitrogens is 1. The number of aromatic nitrogens is 2. The van der Waals surface area contributed by atoms with Crippen LogP contribution in [0.3, 0.4) is 0 Å². The number of thioether (sulfide) groups is 1. The van der Waals surface area contributed by atoms with Crippen LogP contribution in [0.2, 0.25) is 0 Å². The number of hydrogen-bond donors (Lipinski definition) is 2. The van der Waals surface area contributed by atoms with Gasteiger partial charge in [0.15, 0.2) is 5.16 Å². The second-order valence-electron chi connectivity index (χ2n) is 7.41. The molecule has 7 nitrogen and oxygen atoms in total. The molecule has 3 aromatic rings. The molecule has 2 heterocycles. The highest BCUT2D eigenvalue weighted by molar-refractivity contribution is 7.99. The number of aromatic amines is 1. The van der Waals surface area contributed by atoms with E-state index in [9.17, 15) is 14.0 Å². The molecule has 0 saturated carbocycles. The van der Waals surface area contributed by atoms with Crippen LogP contribution in [0, 0.1) is 17.1 Å². The minimum Gasteiger partial charge on any atom is -0.325 e. The molecule has 4 rings (SSSR count). The molecule has 0 unspecified atom stereocenters. The van der Waals surface area contributed by atoms with Gasteiger partial charge in [0.2, 0.25) is 5.91 Å². The summed E-state index contributed by atoms with van der Waals surface area (Å²) < 4.78 is 13.1. The lowest BCUT2D eigenvalue weighted by Gasteiger charge is -2.27. The summed E-state index contributed by atoms with van der Waals surface area (Å²) in [5.74, 6) is -0.446. The van der Waals surface area contributed by atoms with Crippen molar-refractivity contribution in [2.75, 3.05) is 17.6 Å². The zero-order chi connectivity index (χ0) is 22.5. The van der Waals surface area contributed by atoms with Crippen molar-refractivity contribution in [2.24, 2.45) is 0 Å². The maximum Gasteiger partial charge on any atom is 0.256 e. The molecule has 162 valence electrons. The highest BCUT2D eigenvalue weighted by Crippen LogP contribution is 2.20. The number of carbonyl (C=O) groups is 1. The molecule has 0 fully saturated rings. The number of amides is 1. The molecule has 2 aromatic carbocycles. The van der Waals surface area contributed by atoms with Gasteiger partial charge in [0.25, 0.3) is 5.56 Å². The van der Waals surface area contributed by atoms with Crippen molar-refractivity contribution in [1.29, 1.82) is 5.26 Å². The van der Waals surface area contributed by atoms with Crippen molar-refractivity contribution in [3.05, 3.63) is 87.1 Å². The van der Waals surface area contributed by atoms with Gasteiger partial charge >= 0.3 is 0 Å². The quantitative estimate of drug-likeness (QED) is 0.443. The number of anilines is 1. The van der Waals surface area contributed by atoms with Crippen molar-refractivity contribution >= 4 is 23.4 Å². The number of fused-ring (bicyclic) bond motifs is 1. The molecule has 9 heteroatoms. The van der Waals surface area contributed by atoms with Crippen LogP contribution < -0.4 is 10.9 Å². The van der Waals surface area contributed by atoms with Gasteiger partial charge in [-0.15, -0.1) is 0 Å². The third-order valence-electron chi connectivity index (χ3n) is 5.06. The molecule has 1 amide bonds. The Hall–Kier alpha value is -3.48. The molecule has 0 saturated heterocycles. The summed E-state index contributed by atoms with van der Waals surface area (Å²) in [4.78, 5) is 34.3. The first-order chi connectivity index (χ1) is 15.5. The van der Waals surface area contributed by atoms with Gasteiger partial charge in [0.05, 0.1) is 28.6 Å². The summed E-state index contributed by atoms with van der Waals surface area (Å²) in [6.07, 6.45) is 0.626. The van der Waals surface area contributed by atoms with Gasteiger partial charge in [-0.3, -0.25) is 14.5 Å². The first-order valence-corrected chi connectivity index (χ1v) is 11.0. The normalized spacial score (nSPS) is 13.2. The van der Waals surface area contributed by atoms with Crippen LogP contribution in [-0.2, 0) is 24.3 Å². The van der Waals surface area contributed by atoms with E-state index in [1.807, 2.05) is 6.07 Å². The van der Waals surface area contributed by atoms with Crippen LogP contribution in [0.5, 0.6) is 0 Å². The van der Waals surface area contributed by atoms with Crippen LogP contribution >= 0.6 is 11.8 Å². The van der Waals surface area contributed by atoms with E-state index in [1.54, 1.807) is 36.4 Å². The molecule has 0 aliphatic carbocycles. The van der Waals surface area contributed by atoms with Gasteiger partial charge in [-0.25, -0.2) is 9.37 Å². The fraction of sp³-hybridized carbons (Fsp3) is 0.217. The molecule has 1 aromatic heterocycles. The van der Waals surface area contributed by atoms with Gasteiger partial charge in [0, 0.05) is 31.7 Å². The smallest absolute Gasteiger partial charge is 0.256 e. The Balaban J connectivity index is 1.36. The number of hydrogen-bond acceptors (Lipinski definition) is 6. The first-order valence-electron chi connectivity index (χ1n) is 10.0. The van der Waals surface area contributed by atoms with E-state index in [0.29, 0.717) is 41.5 Å². The number of nitrogens with zero attached hydrogens (tertiary/aromatic N) is 3. The van der Waals surface area contributed by atoms with Crippen molar-refractivity contribution in [2.45, 2.75) is 24.7 Å². The van der Waals surface area contributed by atoms with E-state index >= 15 is 0 Å². The Kier molecular flexibility index (Phi) is 6.63. The summed E-state index contributed by atoms with van der Waals surface area (Å²) in [5, 5.41) is 12.1. The molecule has 0 atom stereocenters. The highest BCUT2D eigenvalue weighted by Gasteiger charge is 2.21. The zero-order valence-corrected chi connectivity index (χ0v) is 17.9. The number of halogens is 1. The van der Waals surface area contributed by atoms with Gasteiger partial charge in [-0.1, -0.05) is 30.0 Å². The third kappa shape index (κ3) is 5.41. The van der Waals surface area contributed by atoms with E-state index in [1.165, 1.54) is 12.1 Å². The molecular weight excluding hydrogens is 429 g/mol. The summed E-state index contributed by atoms with van der Waals surface area (Å²) in [7, 11) is 0. The first kappa shape index (κ1) is 21.7. The summed E-state index contributed by atoms with van der Waals surface area (Å²) >= 11 is 1.16. The Labute approximate surface area is 188 Å². The molecule has 1 aliphatic heterocycles. The van der Waals surface area contributed by atoms with E-state index in [-0.39, 0.29) is 23.0 Å². The Morgan fingerprint density at radius 1 is 1.28 bits per heavy atom. The minimum absolute atomic E-state index is 0.0786. The van der Waals surface area contributed by atoms with Crippen LogP contribution in [0.4, 0.5) is 10.1 Å². The maximum absolute atomic E-state index is 13.1. The molecule has 0 spiro atoms. The van der Waals surface area contributed by atoms with Crippen LogP contribution in [0.25, 0.3) is 0 Å². The van der Waals surface area contributed by atoms with Crippen molar-refractivity contribution in [3.63, 3.8) is 0 Å².